The average molecular weight is 1460 g/mol. The Bertz CT molecular complexity index is 2650. The Kier molecular flexibility index (Phi) is 69.3. The second kappa shape index (κ2) is 73.5. The lowest BCUT2D eigenvalue weighted by Crippen LogP contribution is -2.30. The third-order valence-corrected chi connectivity index (χ3v) is 16.8. The van der Waals surface area contributed by atoms with E-state index in [4.69, 9.17) is 37.0 Å². The monoisotopic (exact) mass is 1460 g/mol. The minimum absolute atomic E-state index is 0.0158. The molecule has 0 amide bonds. The predicted octanol–water partition coefficient (Wildman–Crippen LogP) is 22.0. The Hall–Kier alpha value is -5.84. The Morgan fingerprint density at radius 1 is 0.294 bits per heavy atom. The summed E-state index contributed by atoms with van der Waals surface area (Å²) in [5.74, 6) is -2.42. The van der Waals surface area contributed by atoms with Gasteiger partial charge in [0.1, 0.15) is 19.3 Å². The standard InChI is InChI=1S/C83H132O17P2/c1-5-9-13-17-21-25-29-33-36-37-38-39-42-45-48-52-56-60-64-68-81(86)94-73-78(99-82(87)69-65-61-57-53-49-43-32-28-24-20-16-12-8-4)75-97-101(89,90)95-71-77(84)72-96-102(91,92)98-76-79(100-83(88)70-66-62-58-54-50-46-41-35-31-27-23-19-15-11-7-3)74-93-80(85)67-63-59-55-51-47-44-40-34-30-26-22-18-14-10-6-2/h9-11,13-16,20-23,25-28,32-36,38-41,47,50-51,54,59,63,77-79,84H,5-8,12,17-19,24,29-31,37,42-46,48-49,52-53,55-58,60-62,64-76H2,1-4H3,(H,89,90)(H,91,92)/b13-9-,14-10-,15-11-,20-16-,25-21-,26-22-,27-23-,32-28-,36-33-,39-38-,40-34-,41-35-,51-47-,54-50-,63-59-. The lowest BCUT2D eigenvalue weighted by molar-refractivity contribution is -0.161. The van der Waals surface area contributed by atoms with Crippen LogP contribution in [0.15, 0.2) is 182 Å². The van der Waals surface area contributed by atoms with E-state index in [1.54, 1.807) is 6.08 Å². The Morgan fingerprint density at radius 3 is 0.892 bits per heavy atom. The molecular formula is C83H132O17P2. The summed E-state index contributed by atoms with van der Waals surface area (Å²) in [6.07, 6.45) is 87.8. The largest absolute Gasteiger partial charge is 0.472 e. The van der Waals surface area contributed by atoms with E-state index in [0.717, 1.165) is 173 Å². The fourth-order valence-corrected chi connectivity index (χ4v) is 10.8. The number of ether oxygens (including phenoxy) is 4. The maximum Gasteiger partial charge on any atom is 0.472 e. The van der Waals surface area contributed by atoms with E-state index in [1.807, 2.05) is 24.3 Å². The summed E-state index contributed by atoms with van der Waals surface area (Å²) in [5.41, 5.74) is 0. The second-order valence-electron chi connectivity index (χ2n) is 24.5. The quantitative estimate of drug-likeness (QED) is 0.0169. The van der Waals surface area contributed by atoms with Gasteiger partial charge in [0.25, 0.3) is 0 Å². The van der Waals surface area contributed by atoms with Gasteiger partial charge in [-0.25, -0.2) is 9.13 Å². The van der Waals surface area contributed by atoms with Crippen LogP contribution in [0.1, 0.15) is 259 Å². The van der Waals surface area contributed by atoms with Crippen LogP contribution in [0.25, 0.3) is 0 Å². The van der Waals surface area contributed by atoms with Crippen molar-refractivity contribution in [2.24, 2.45) is 0 Å². The number of phosphoric acid groups is 2. The summed E-state index contributed by atoms with van der Waals surface area (Å²) >= 11 is 0. The molecule has 0 aromatic heterocycles. The maximum atomic E-state index is 13.1. The van der Waals surface area contributed by atoms with Gasteiger partial charge in [-0.05, 0) is 154 Å². The minimum atomic E-state index is -5.02. The van der Waals surface area contributed by atoms with E-state index < -0.39 is 97.5 Å². The molecule has 5 unspecified atom stereocenters. The van der Waals surface area contributed by atoms with Crippen molar-refractivity contribution in [3.05, 3.63) is 182 Å². The van der Waals surface area contributed by atoms with Crippen LogP contribution in [0.5, 0.6) is 0 Å². The maximum absolute atomic E-state index is 13.1. The van der Waals surface area contributed by atoms with Crippen molar-refractivity contribution in [2.75, 3.05) is 39.6 Å². The van der Waals surface area contributed by atoms with Crippen LogP contribution in [0.2, 0.25) is 0 Å². The average Bonchev–Trinajstić information content (AvgIpc) is 0.919. The number of hydrogen-bond donors (Lipinski definition) is 3. The number of hydrogen-bond acceptors (Lipinski definition) is 15. The molecule has 102 heavy (non-hydrogen) atoms. The zero-order valence-electron chi connectivity index (χ0n) is 62.7. The lowest BCUT2D eigenvalue weighted by Gasteiger charge is -2.21. The highest BCUT2D eigenvalue weighted by Crippen LogP contribution is 2.45. The molecule has 3 N–H and O–H groups in total. The van der Waals surface area contributed by atoms with E-state index in [9.17, 15) is 43.2 Å². The van der Waals surface area contributed by atoms with Gasteiger partial charge in [-0.15, -0.1) is 0 Å². The molecule has 0 aromatic carbocycles. The van der Waals surface area contributed by atoms with Gasteiger partial charge in [0.05, 0.1) is 32.8 Å². The summed E-state index contributed by atoms with van der Waals surface area (Å²) in [6, 6.07) is 0. The van der Waals surface area contributed by atoms with Crippen LogP contribution in [-0.2, 0) is 65.4 Å². The first-order chi connectivity index (χ1) is 49.7. The molecule has 0 aliphatic heterocycles. The van der Waals surface area contributed by atoms with Crippen molar-refractivity contribution in [2.45, 2.75) is 277 Å². The third-order valence-electron chi connectivity index (χ3n) is 14.9. The van der Waals surface area contributed by atoms with Gasteiger partial charge in [-0.3, -0.25) is 37.3 Å². The summed E-state index contributed by atoms with van der Waals surface area (Å²) < 4.78 is 68.3. The minimum Gasteiger partial charge on any atom is -0.462 e. The van der Waals surface area contributed by atoms with Crippen LogP contribution in [0.4, 0.5) is 0 Å². The van der Waals surface area contributed by atoms with Crippen LogP contribution in [0.3, 0.4) is 0 Å². The Labute approximate surface area is 615 Å². The van der Waals surface area contributed by atoms with Crippen molar-refractivity contribution < 1.29 is 80.2 Å². The number of phosphoric ester groups is 2. The van der Waals surface area contributed by atoms with Crippen LogP contribution >= 0.6 is 15.6 Å². The van der Waals surface area contributed by atoms with Gasteiger partial charge in [-0.2, -0.15) is 0 Å². The molecule has 0 aliphatic carbocycles. The summed E-state index contributed by atoms with van der Waals surface area (Å²) in [4.78, 5) is 72.8. The molecule has 0 spiro atoms. The number of aliphatic hydroxyl groups excluding tert-OH is 1. The van der Waals surface area contributed by atoms with Crippen LogP contribution in [-0.4, -0.2) is 96.7 Å². The molecule has 5 atom stereocenters. The van der Waals surface area contributed by atoms with Crippen molar-refractivity contribution in [1.29, 1.82) is 0 Å². The molecule has 0 saturated heterocycles. The molecule has 0 aliphatic rings. The number of aliphatic hydroxyl groups is 1. The normalized spacial score (nSPS) is 14.9. The van der Waals surface area contributed by atoms with Crippen molar-refractivity contribution in [3.8, 4) is 0 Å². The number of allylic oxidation sites excluding steroid dienone is 29. The molecule has 0 rings (SSSR count). The van der Waals surface area contributed by atoms with Gasteiger partial charge in [0.15, 0.2) is 12.2 Å². The van der Waals surface area contributed by atoms with Gasteiger partial charge in [0, 0.05) is 19.3 Å². The van der Waals surface area contributed by atoms with Crippen molar-refractivity contribution in [3.63, 3.8) is 0 Å². The molecule has 0 bridgehead atoms. The molecule has 17 nitrogen and oxygen atoms in total. The van der Waals surface area contributed by atoms with Crippen LogP contribution in [0, 0.1) is 0 Å². The number of esters is 4. The molecule has 0 saturated carbocycles. The van der Waals surface area contributed by atoms with Crippen LogP contribution < -0.4 is 0 Å². The highest BCUT2D eigenvalue weighted by atomic mass is 31.2. The summed E-state index contributed by atoms with van der Waals surface area (Å²) in [5, 5.41) is 10.6. The fourth-order valence-electron chi connectivity index (χ4n) is 9.19. The first-order valence-electron chi connectivity index (χ1n) is 38.0. The van der Waals surface area contributed by atoms with Gasteiger partial charge in [0.2, 0.25) is 0 Å². The van der Waals surface area contributed by atoms with Gasteiger partial charge >= 0.3 is 39.5 Å². The van der Waals surface area contributed by atoms with Gasteiger partial charge < -0.3 is 33.8 Å². The zero-order valence-corrected chi connectivity index (χ0v) is 64.5. The van der Waals surface area contributed by atoms with E-state index in [0.29, 0.717) is 32.1 Å². The van der Waals surface area contributed by atoms with E-state index in [2.05, 4.69) is 180 Å². The van der Waals surface area contributed by atoms with Gasteiger partial charge in [-0.1, -0.05) is 261 Å². The highest BCUT2D eigenvalue weighted by molar-refractivity contribution is 7.47. The van der Waals surface area contributed by atoms with E-state index in [-0.39, 0.29) is 25.7 Å². The number of unbranched alkanes of at least 4 members (excludes halogenated alkanes) is 14. The smallest absolute Gasteiger partial charge is 0.462 e. The molecule has 0 fully saturated rings. The van der Waals surface area contributed by atoms with Crippen molar-refractivity contribution >= 4 is 39.5 Å². The zero-order chi connectivity index (χ0) is 74.6. The lowest BCUT2D eigenvalue weighted by atomic mass is 10.1. The first kappa shape index (κ1) is 96.2. The molecule has 0 heterocycles. The summed E-state index contributed by atoms with van der Waals surface area (Å²) in [6.45, 7) is 4.23. The first-order valence-corrected chi connectivity index (χ1v) is 41.0. The Morgan fingerprint density at radius 2 is 0.549 bits per heavy atom. The van der Waals surface area contributed by atoms with E-state index in [1.165, 1.54) is 0 Å². The third kappa shape index (κ3) is 72.5. The SMILES string of the molecule is CC/C=C\C/C=C\C/C=C\C/C=C\C/C=C\CC(=O)OCC(COP(=O)(O)OCC(O)COP(=O)(O)OCC(COC(=O)CCCCCCCC/C=C\C/C=C\C/C=C\C/C=C\CC)OC(=O)CCCCCCC/C=C\C/C=C\CCC)OC(=O)CCCC/C=C\C/C=C\C/C=C\C/C=C\CC. The molecular weight excluding hydrogens is 1330 g/mol. The highest BCUT2D eigenvalue weighted by Gasteiger charge is 2.30. The molecule has 0 aromatic rings. The topological polar surface area (TPSA) is 237 Å². The molecule has 0 radical (unpaired) electrons. The van der Waals surface area contributed by atoms with Crippen molar-refractivity contribution in [1.82, 2.24) is 0 Å². The van der Waals surface area contributed by atoms with E-state index >= 15 is 0 Å². The fraction of sp³-hybridized carbons (Fsp3) is 0.590. The number of carbonyl (C=O) groups excluding carboxylic acids is 4. The molecule has 576 valence electrons. The Balaban J connectivity index is 5.48. The number of carbonyl (C=O) groups is 4. The predicted molar refractivity (Wildman–Crippen MR) is 417 cm³/mol. The number of rotatable bonds is 69. The summed E-state index contributed by atoms with van der Waals surface area (Å²) in [7, 11) is -10.0. The molecule has 19 heteroatoms. The second-order valence-corrected chi connectivity index (χ2v) is 27.4.